The van der Waals surface area contributed by atoms with Gasteiger partial charge in [-0.3, -0.25) is 0 Å². The average molecular weight is 259 g/mol. The van der Waals surface area contributed by atoms with Crippen LogP contribution in [-0.4, -0.2) is 22.5 Å². The Morgan fingerprint density at radius 2 is 2.54 bits per heavy atom. The molecule has 70 valence electrons. The van der Waals surface area contributed by atoms with Crippen LogP contribution in [0.2, 0.25) is 0 Å². The van der Waals surface area contributed by atoms with Gasteiger partial charge in [-0.15, -0.1) is 0 Å². The molecular weight excluding hydrogens is 248 g/mol. The van der Waals surface area contributed by atoms with Crippen LogP contribution in [0, 0.1) is 0 Å². The standard InChI is InChI=1S/C9H11BrN2S/c10-9-8(2-1-4-11-9)12-7-3-5-13-6-7/h1-2,4,7,12H,3,5-6H2. The summed E-state index contributed by atoms with van der Waals surface area (Å²) in [5.74, 6) is 2.48. The van der Waals surface area contributed by atoms with Gasteiger partial charge in [-0.1, -0.05) is 0 Å². The molecule has 0 bridgehead atoms. The van der Waals surface area contributed by atoms with Gasteiger partial charge in [0.1, 0.15) is 4.60 Å². The fraction of sp³-hybridized carbons (Fsp3) is 0.444. The lowest BCUT2D eigenvalue weighted by Crippen LogP contribution is -2.18. The molecule has 1 aliphatic rings. The first-order chi connectivity index (χ1) is 6.36. The van der Waals surface area contributed by atoms with Crippen molar-refractivity contribution in [1.29, 1.82) is 0 Å². The zero-order valence-corrected chi connectivity index (χ0v) is 9.57. The average Bonchev–Trinajstić information content (AvgIpc) is 2.61. The minimum atomic E-state index is 0.616. The Labute approximate surface area is 90.6 Å². The largest absolute Gasteiger partial charge is 0.379 e. The van der Waals surface area contributed by atoms with E-state index in [-0.39, 0.29) is 0 Å². The molecule has 2 rings (SSSR count). The first kappa shape index (κ1) is 9.34. The van der Waals surface area contributed by atoms with E-state index in [1.54, 1.807) is 6.20 Å². The molecule has 1 aliphatic heterocycles. The number of thioether (sulfide) groups is 1. The Balaban J connectivity index is 2.04. The monoisotopic (exact) mass is 258 g/mol. The normalized spacial score (nSPS) is 21.8. The number of pyridine rings is 1. The fourth-order valence-corrected chi connectivity index (χ4v) is 2.88. The second kappa shape index (κ2) is 4.33. The maximum absolute atomic E-state index is 4.17. The van der Waals surface area contributed by atoms with Crippen LogP contribution in [0.4, 0.5) is 5.69 Å². The van der Waals surface area contributed by atoms with Crippen LogP contribution in [0.25, 0.3) is 0 Å². The van der Waals surface area contributed by atoms with Crippen LogP contribution < -0.4 is 5.32 Å². The molecule has 1 saturated heterocycles. The zero-order valence-electron chi connectivity index (χ0n) is 7.16. The molecule has 1 atom stereocenters. The maximum Gasteiger partial charge on any atom is 0.129 e. The highest BCUT2D eigenvalue weighted by Crippen LogP contribution is 2.24. The van der Waals surface area contributed by atoms with Crippen molar-refractivity contribution in [3.63, 3.8) is 0 Å². The molecule has 0 spiro atoms. The molecule has 0 amide bonds. The van der Waals surface area contributed by atoms with E-state index in [2.05, 4.69) is 32.3 Å². The van der Waals surface area contributed by atoms with Gasteiger partial charge < -0.3 is 5.32 Å². The van der Waals surface area contributed by atoms with Gasteiger partial charge in [0.05, 0.1) is 5.69 Å². The molecule has 2 nitrogen and oxygen atoms in total. The van der Waals surface area contributed by atoms with E-state index in [0.29, 0.717) is 6.04 Å². The van der Waals surface area contributed by atoms with E-state index < -0.39 is 0 Å². The van der Waals surface area contributed by atoms with Crippen LogP contribution in [0.3, 0.4) is 0 Å². The Bertz CT molecular complexity index is 287. The summed E-state index contributed by atoms with van der Waals surface area (Å²) in [5.41, 5.74) is 1.11. The van der Waals surface area contributed by atoms with Gasteiger partial charge in [0.15, 0.2) is 0 Å². The molecule has 1 N–H and O–H groups in total. The topological polar surface area (TPSA) is 24.9 Å². The molecule has 0 saturated carbocycles. The summed E-state index contributed by atoms with van der Waals surface area (Å²) in [6.45, 7) is 0. The quantitative estimate of drug-likeness (QED) is 0.827. The van der Waals surface area contributed by atoms with Gasteiger partial charge in [-0.25, -0.2) is 4.98 Å². The molecule has 13 heavy (non-hydrogen) atoms. The summed E-state index contributed by atoms with van der Waals surface area (Å²) in [6.07, 6.45) is 3.05. The molecule has 0 aromatic carbocycles. The van der Waals surface area contributed by atoms with E-state index in [1.807, 2.05) is 17.8 Å². The first-order valence-corrected chi connectivity index (χ1v) is 6.26. The number of hydrogen-bond donors (Lipinski definition) is 1. The van der Waals surface area contributed by atoms with Crippen molar-refractivity contribution in [3.05, 3.63) is 22.9 Å². The first-order valence-electron chi connectivity index (χ1n) is 4.31. The number of aromatic nitrogens is 1. The Hall–Kier alpha value is -0.220. The summed E-state index contributed by atoms with van der Waals surface area (Å²) in [5, 5.41) is 3.48. The van der Waals surface area contributed by atoms with Crippen LogP contribution in [-0.2, 0) is 0 Å². The fourth-order valence-electron chi connectivity index (χ4n) is 1.36. The Kier molecular flexibility index (Phi) is 3.11. The van der Waals surface area contributed by atoms with Crippen molar-refractivity contribution in [2.45, 2.75) is 12.5 Å². The summed E-state index contributed by atoms with van der Waals surface area (Å²) in [7, 11) is 0. The second-order valence-electron chi connectivity index (χ2n) is 3.05. The van der Waals surface area contributed by atoms with Crippen molar-refractivity contribution >= 4 is 33.4 Å². The summed E-state index contributed by atoms with van der Waals surface area (Å²) in [4.78, 5) is 4.17. The highest BCUT2D eigenvalue weighted by molar-refractivity contribution is 9.10. The van der Waals surface area contributed by atoms with E-state index in [4.69, 9.17) is 0 Å². The van der Waals surface area contributed by atoms with E-state index in [1.165, 1.54) is 17.9 Å². The van der Waals surface area contributed by atoms with Crippen LogP contribution >= 0.6 is 27.7 Å². The lowest BCUT2D eigenvalue weighted by molar-refractivity contribution is 0.811. The van der Waals surface area contributed by atoms with Crippen molar-refractivity contribution in [2.75, 3.05) is 16.8 Å². The number of rotatable bonds is 2. The van der Waals surface area contributed by atoms with Gasteiger partial charge in [-0.05, 0) is 40.2 Å². The third-order valence-corrected chi connectivity index (χ3v) is 3.84. The Morgan fingerprint density at radius 1 is 1.62 bits per heavy atom. The lowest BCUT2D eigenvalue weighted by atomic mass is 10.2. The lowest BCUT2D eigenvalue weighted by Gasteiger charge is -2.13. The molecular formula is C9H11BrN2S. The number of anilines is 1. The highest BCUT2D eigenvalue weighted by Gasteiger charge is 2.15. The molecule has 4 heteroatoms. The number of nitrogens with one attached hydrogen (secondary N) is 1. The molecule has 1 aromatic rings. The highest BCUT2D eigenvalue weighted by atomic mass is 79.9. The summed E-state index contributed by atoms with van der Waals surface area (Å²) < 4.78 is 0.909. The minimum absolute atomic E-state index is 0.616. The predicted molar refractivity (Wildman–Crippen MR) is 61.3 cm³/mol. The van der Waals surface area contributed by atoms with Gasteiger partial charge in [0, 0.05) is 18.0 Å². The van der Waals surface area contributed by atoms with Gasteiger partial charge in [0.25, 0.3) is 0 Å². The van der Waals surface area contributed by atoms with Crippen molar-refractivity contribution in [1.82, 2.24) is 4.98 Å². The second-order valence-corrected chi connectivity index (χ2v) is 4.95. The van der Waals surface area contributed by atoms with E-state index >= 15 is 0 Å². The van der Waals surface area contributed by atoms with Crippen LogP contribution in [0.1, 0.15) is 6.42 Å². The number of halogens is 1. The smallest absolute Gasteiger partial charge is 0.129 e. The number of nitrogens with zero attached hydrogens (tertiary/aromatic N) is 1. The summed E-state index contributed by atoms with van der Waals surface area (Å²) in [6, 6.07) is 4.63. The van der Waals surface area contributed by atoms with Crippen LogP contribution in [0.5, 0.6) is 0 Å². The van der Waals surface area contributed by atoms with E-state index in [9.17, 15) is 0 Å². The third kappa shape index (κ3) is 2.38. The molecule has 2 heterocycles. The van der Waals surface area contributed by atoms with Crippen LogP contribution in [0.15, 0.2) is 22.9 Å². The molecule has 1 aromatic heterocycles. The molecule has 0 aliphatic carbocycles. The SMILES string of the molecule is Brc1ncccc1NC1CCSC1. The third-order valence-electron chi connectivity index (χ3n) is 2.05. The van der Waals surface area contributed by atoms with E-state index in [0.717, 1.165) is 10.3 Å². The van der Waals surface area contributed by atoms with Gasteiger partial charge >= 0.3 is 0 Å². The van der Waals surface area contributed by atoms with Crippen molar-refractivity contribution in [2.24, 2.45) is 0 Å². The molecule has 0 radical (unpaired) electrons. The van der Waals surface area contributed by atoms with Gasteiger partial charge in [-0.2, -0.15) is 11.8 Å². The molecule has 1 unspecified atom stereocenters. The number of hydrogen-bond acceptors (Lipinski definition) is 3. The zero-order chi connectivity index (χ0) is 9.10. The van der Waals surface area contributed by atoms with Gasteiger partial charge in [0.2, 0.25) is 0 Å². The van der Waals surface area contributed by atoms with Crippen molar-refractivity contribution in [3.8, 4) is 0 Å². The summed E-state index contributed by atoms with van der Waals surface area (Å²) >= 11 is 5.43. The Morgan fingerprint density at radius 3 is 3.23 bits per heavy atom. The molecule has 1 fully saturated rings. The maximum atomic E-state index is 4.17. The predicted octanol–water partition coefficient (Wildman–Crippen LogP) is 2.76. The minimum Gasteiger partial charge on any atom is -0.379 e. The van der Waals surface area contributed by atoms with Crippen molar-refractivity contribution < 1.29 is 0 Å².